The molecule has 0 amide bonds. The van der Waals surface area contributed by atoms with Crippen molar-refractivity contribution in [3.05, 3.63) is 42.4 Å². The van der Waals surface area contributed by atoms with Gasteiger partial charge in [-0.05, 0) is 25.3 Å². The predicted octanol–water partition coefficient (Wildman–Crippen LogP) is 3.41. The van der Waals surface area contributed by atoms with Crippen LogP contribution in [-0.4, -0.2) is 16.1 Å². The molecular formula is C16H23N3. The molecule has 0 saturated carbocycles. The van der Waals surface area contributed by atoms with Crippen LogP contribution >= 0.6 is 0 Å². The Balaban J connectivity index is 2.11. The molecule has 3 nitrogen and oxygen atoms in total. The molecule has 2 rings (SSSR count). The lowest BCUT2D eigenvalue weighted by atomic mass is 10.1. The van der Waals surface area contributed by atoms with E-state index in [2.05, 4.69) is 53.9 Å². The van der Waals surface area contributed by atoms with Crippen LogP contribution in [0, 0.1) is 0 Å². The summed E-state index contributed by atoms with van der Waals surface area (Å²) in [7, 11) is 0. The molecule has 0 aliphatic carbocycles. The van der Waals surface area contributed by atoms with Gasteiger partial charge in [0.2, 0.25) is 0 Å². The molecule has 0 spiro atoms. The Bertz CT molecular complexity index is 499. The third-order valence-electron chi connectivity index (χ3n) is 3.52. The Kier molecular flexibility index (Phi) is 4.74. The van der Waals surface area contributed by atoms with Gasteiger partial charge in [0.15, 0.2) is 0 Å². The van der Waals surface area contributed by atoms with Crippen molar-refractivity contribution in [1.82, 2.24) is 9.55 Å². The first-order valence-electron chi connectivity index (χ1n) is 7.07. The van der Waals surface area contributed by atoms with Gasteiger partial charge in [-0.3, -0.25) is 0 Å². The van der Waals surface area contributed by atoms with E-state index < -0.39 is 0 Å². The number of hydrogen-bond acceptors (Lipinski definition) is 2. The quantitative estimate of drug-likeness (QED) is 0.861. The van der Waals surface area contributed by atoms with E-state index in [0.717, 1.165) is 12.1 Å². The van der Waals surface area contributed by atoms with Crippen molar-refractivity contribution in [2.45, 2.75) is 39.2 Å². The number of hydrogen-bond donors (Lipinski definition) is 1. The van der Waals surface area contributed by atoms with E-state index in [0.29, 0.717) is 12.6 Å². The van der Waals surface area contributed by atoms with Crippen LogP contribution in [0.2, 0.25) is 0 Å². The molecule has 0 fully saturated rings. The summed E-state index contributed by atoms with van der Waals surface area (Å²) in [6.45, 7) is 4.95. The SMILES string of the molecule is CCCCc1ccc(-c2cn([C@@H](C)CN)cn2)cc1. The number of aromatic nitrogens is 2. The van der Waals surface area contributed by atoms with Crippen LogP contribution in [0.4, 0.5) is 0 Å². The second-order valence-corrected chi connectivity index (χ2v) is 5.09. The summed E-state index contributed by atoms with van der Waals surface area (Å²) < 4.78 is 2.07. The monoisotopic (exact) mass is 257 g/mol. The van der Waals surface area contributed by atoms with E-state index >= 15 is 0 Å². The maximum Gasteiger partial charge on any atom is 0.0956 e. The molecule has 102 valence electrons. The molecule has 0 aliphatic heterocycles. The van der Waals surface area contributed by atoms with Gasteiger partial charge in [0.1, 0.15) is 0 Å². The van der Waals surface area contributed by atoms with Crippen molar-refractivity contribution in [3.8, 4) is 11.3 Å². The molecule has 0 bridgehead atoms. The van der Waals surface area contributed by atoms with E-state index in [9.17, 15) is 0 Å². The van der Waals surface area contributed by atoms with Gasteiger partial charge in [-0.15, -0.1) is 0 Å². The summed E-state index contributed by atoms with van der Waals surface area (Å²) in [5.74, 6) is 0. The summed E-state index contributed by atoms with van der Waals surface area (Å²) in [6, 6.07) is 9.02. The molecule has 2 N–H and O–H groups in total. The zero-order chi connectivity index (χ0) is 13.7. The first-order valence-corrected chi connectivity index (χ1v) is 7.07. The van der Waals surface area contributed by atoms with Crippen LogP contribution in [0.5, 0.6) is 0 Å². The minimum absolute atomic E-state index is 0.296. The Morgan fingerprint density at radius 3 is 2.63 bits per heavy atom. The third kappa shape index (κ3) is 3.44. The van der Waals surface area contributed by atoms with Crippen LogP contribution < -0.4 is 5.73 Å². The van der Waals surface area contributed by atoms with Gasteiger partial charge in [-0.1, -0.05) is 37.6 Å². The van der Waals surface area contributed by atoms with Crippen LogP contribution in [0.3, 0.4) is 0 Å². The van der Waals surface area contributed by atoms with E-state index in [1.807, 2.05) is 6.33 Å². The molecule has 0 radical (unpaired) electrons. The van der Waals surface area contributed by atoms with Crippen molar-refractivity contribution >= 4 is 0 Å². The minimum Gasteiger partial charge on any atom is -0.333 e. The Morgan fingerprint density at radius 1 is 1.26 bits per heavy atom. The van der Waals surface area contributed by atoms with Crippen LogP contribution in [-0.2, 0) is 6.42 Å². The van der Waals surface area contributed by atoms with Gasteiger partial charge >= 0.3 is 0 Å². The number of nitrogens with two attached hydrogens (primary N) is 1. The molecule has 1 aromatic heterocycles. The lowest BCUT2D eigenvalue weighted by molar-refractivity contribution is 0.558. The fraction of sp³-hybridized carbons (Fsp3) is 0.438. The molecular weight excluding hydrogens is 234 g/mol. The summed E-state index contributed by atoms with van der Waals surface area (Å²) in [4.78, 5) is 4.45. The van der Waals surface area contributed by atoms with Crippen LogP contribution in [0.1, 0.15) is 38.3 Å². The fourth-order valence-electron chi connectivity index (χ4n) is 2.07. The van der Waals surface area contributed by atoms with Crippen molar-refractivity contribution in [2.24, 2.45) is 5.73 Å². The van der Waals surface area contributed by atoms with Crippen molar-refractivity contribution in [2.75, 3.05) is 6.54 Å². The van der Waals surface area contributed by atoms with E-state index in [-0.39, 0.29) is 0 Å². The number of imidazole rings is 1. The highest BCUT2D eigenvalue weighted by Gasteiger charge is 2.06. The van der Waals surface area contributed by atoms with E-state index in [1.54, 1.807) is 0 Å². The smallest absolute Gasteiger partial charge is 0.0956 e. The number of benzene rings is 1. The maximum absolute atomic E-state index is 5.67. The van der Waals surface area contributed by atoms with Crippen molar-refractivity contribution < 1.29 is 0 Å². The zero-order valence-electron chi connectivity index (χ0n) is 11.8. The first kappa shape index (κ1) is 13.8. The lowest BCUT2D eigenvalue weighted by Gasteiger charge is -2.08. The molecule has 1 atom stereocenters. The molecule has 2 aromatic rings. The second kappa shape index (κ2) is 6.53. The van der Waals surface area contributed by atoms with E-state index in [4.69, 9.17) is 5.73 Å². The van der Waals surface area contributed by atoms with Gasteiger partial charge in [-0.2, -0.15) is 0 Å². The second-order valence-electron chi connectivity index (χ2n) is 5.09. The molecule has 1 heterocycles. The molecule has 0 unspecified atom stereocenters. The Labute approximate surface area is 115 Å². The summed E-state index contributed by atoms with van der Waals surface area (Å²) in [5.41, 5.74) is 9.26. The average molecular weight is 257 g/mol. The highest BCUT2D eigenvalue weighted by atomic mass is 15.1. The highest BCUT2D eigenvalue weighted by Crippen LogP contribution is 2.19. The standard InChI is InChI=1S/C16H23N3/c1-3-4-5-14-6-8-15(9-7-14)16-11-19(12-18-16)13(2)10-17/h6-9,11-13H,3-5,10,17H2,1-2H3/t13-/m0/s1. The average Bonchev–Trinajstić information content (AvgIpc) is 2.94. The number of unbranched alkanes of at least 4 members (excludes halogenated alkanes) is 1. The van der Waals surface area contributed by atoms with Gasteiger partial charge in [-0.25, -0.2) is 4.98 Å². The molecule has 1 aromatic carbocycles. The van der Waals surface area contributed by atoms with Crippen molar-refractivity contribution in [1.29, 1.82) is 0 Å². The number of rotatable bonds is 6. The Hall–Kier alpha value is -1.61. The normalized spacial score (nSPS) is 12.6. The summed E-state index contributed by atoms with van der Waals surface area (Å²) in [6.07, 6.45) is 7.58. The Morgan fingerprint density at radius 2 is 2.00 bits per heavy atom. The summed E-state index contributed by atoms with van der Waals surface area (Å²) >= 11 is 0. The predicted molar refractivity (Wildman–Crippen MR) is 80.0 cm³/mol. The van der Waals surface area contributed by atoms with E-state index in [1.165, 1.54) is 24.0 Å². The van der Waals surface area contributed by atoms with Gasteiger partial charge in [0.05, 0.1) is 12.0 Å². The number of aryl methyl sites for hydroxylation is 1. The molecule has 19 heavy (non-hydrogen) atoms. The highest BCUT2D eigenvalue weighted by molar-refractivity contribution is 5.58. The topological polar surface area (TPSA) is 43.8 Å². The molecule has 3 heteroatoms. The van der Waals surface area contributed by atoms with Crippen LogP contribution in [0.15, 0.2) is 36.8 Å². The number of nitrogens with zero attached hydrogens (tertiary/aromatic N) is 2. The molecule has 0 saturated heterocycles. The fourth-order valence-corrected chi connectivity index (χ4v) is 2.07. The summed E-state index contributed by atoms with van der Waals surface area (Å²) in [5, 5.41) is 0. The van der Waals surface area contributed by atoms with Crippen LogP contribution in [0.25, 0.3) is 11.3 Å². The largest absolute Gasteiger partial charge is 0.333 e. The third-order valence-corrected chi connectivity index (χ3v) is 3.52. The van der Waals surface area contributed by atoms with Gasteiger partial charge in [0.25, 0.3) is 0 Å². The maximum atomic E-state index is 5.67. The van der Waals surface area contributed by atoms with Crippen molar-refractivity contribution in [3.63, 3.8) is 0 Å². The first-order chi connectivity index (χ1) is 9.24. The lowest BCUT2D eigenvalue weighted by Crippen LogP contribution is -2.14. The molecule has 0 aliphatic rings. The minimum atomic E-state index is 0.296. The van der Waals surface area contributed by atoms with Gasteiger partial charge in [0, 0.05) is 24.3 Å². The zero-order valence-corrected chi connectivity index (χ0v) is 11.8. The van der Waals surface area contributed by atoms with Gasteiger partial charge < -0.3 is 10.3 Å².